The number of anilines is 2. The summed E-state index contributed by atoms with van der Waals surface area (Å²) in [7, 11) is 0. The lowest BCUT2D eigenvalue weighted by atomic mass is 9.94. The Morgan fingerprint density at radius 3 is 2.65 bits per heavy atom. The molecule has 2 N–H and O–H groups in total. The minimum Gasteiger partial charge on any atom is -0.462 e. The number of carbonyl (C=O) groups excluding carboxylic acids is 2. The summed E-state index contributed by atoms with van der Waals surface area (Å²) in [6.07, 6.45) is 1.35. The molecule has 4 rings (SSSR count). The Balaban J connectivity index is 1.66. The lowest BCUT2D eigenvalue weighted by Crippen LogP contribution is -2.32. The van der Waals surface area contributed by atoms with Gasteiger partial charge in [0.15, 0.2) is 0 Å². The summed E-state index contributed by atoms with van der Waals surface area (Å²) < 4.78 is 21.1. The first kappa shape index (κ1) is 20.3. The number of esters is 1. The Bertz CT molecular complexity index is 1170. The van der Waals surface area contributed by atoms with Crippen LogP contribution in [0.3, 0.4) is 0 Å². The summed E-state index contributed by atoms with van der Waals surface area (Å²) in [5.41, 5.74) is 2.01. The van der Waals surface area contributed by atoms with E-state index in [1.807, 2.05) is 0 Å². The number of benzene rings is 2. The standard InChI is InChI=1S/C22H20FN5O3/c1-3-31-21(30)14-8-10-15(11-9-14)27-20(29)18-13(2)26-22-24-12-25-28(22)19(18)16-6-4-5-7-17(16)23/h4-12,19H,3H2,1-2H3,(H,27,29)(H,24,25,26)/t19-/m1/s1. The fourth-order valence-corrected chi connectivity index (χ4v) is 3.47. The van der Waals surface area contributed by atoms with Crippen LogP contribution in [0.25, 0.3) is 0 Å². The van der Waals surface area contributed by atoms with E-state index in [-0.39, 0.29) is 6.61 Å². The zero-order valence-corrected chi connectivity index (χ0v) is 16.9. The minimum atomic E-state index is -0.793. The molecule has 1 aliphatic rings. The van der Waals surface area contributed by atoms with E-state index >= 15 is 0 Å². The monoisotopic (exact) mass is 421 g/mol. The molecule has 0 unspecified atom stereocenters. The van der Waals surface area contributed by atoms with Crippen molar-refractivity contribution < 1.29 is 18.7 Å². The van der Waals surface area contributed by atoms with Gasteiger partial charge in [0.2, 0.25) is 5.95 Å². The highest BCUT2D eigenvalue weighted by Gasteiger charge is 2.34. The van der Waals surface area contributed by atoms with Crippen LogP contribution in [0, 0.1) is 5.82 Å². The number of rotatable bonds is 5. The van der Waals surface area contributed by atoms with E-state index in [2.05, 4.69) is 20.7 Å². The van der Waals surface area contributed by atoms with Gasteiger partial charge in [0.25, 0.3) is 5.91 Å². The number of nitrogens with one attached hydrogen (secondary N) is 2. The number of aromatic nitrogens is 3. The number of ether oxygens (including phenoxy) is 1. The van der Waals surface area contributed by atoms with Gasteiger partial charge in [-0.1, -0.05) is 18.2 Å². The maximum atomic E-state index is 14.7. The van der Waals surface area contributed by atoms with Crippen molar-refractivity contribution >= 4 is 23.5 Å². The van der Waals surface area contributed by atoms with Crippen LogP contribution in [-0.4, -0.2) is 33.2 Å². The third-order valence-electron chi connectivity index (χ3n) is 4.89. The van der Waals surface area contributed by atoms with Gasteiger partial charge in [-0.05, 0) is 44.2 Å². The number of allylic oxidation sites excluding steroid dienone is 1. The number of fused-ring (bicyclic) bond motifs is 1. The molecule has 1 aromatic heterocycles. The van der Waals surface area contributed by atoms with Gasteiger partial charge < -0.3 is 15.4 Å². The maximum Gasteiger partial charge on any atom is 0.338 e. The van der Waals surface area contributed by atoms with E-state index in [1.165, 1.54) is 17.1 Å². The summed E-state index contributed by atoms with van der Waals surface area (Å²) in [5.74, 6) is -0.897. The zero-order valence-electron chi connectivity index (χ0n) is 16.9. The fraction of sp³-hybridized carbons (Fsp3) is 0.182. The average Bonchev–Trinajstić information content (AvgIpc) is 3.22. The predicted molar refractivity (Wildman–Crippen MR) is 112 cm³/mol. The first-order chi connectivity index (χ1) is 15.0. The van der Waals surface area contributed by atoms with E-state index in [1.54, 1.807) is 56.3 Å². The van der Waals surface area contributed by atoms with Crippen molar-refractivity contribution in [3.05, 3.63) is 83.1 Å². The number of amides is 1. The van der Waals surface area contributed by atoms with Crippen molar-refractivity contribution in [1.29, 1.82) is 0 Å². The van der Waals surface area contributed by atoms with Gasteiger partial charge in [-0.2, -0.15) is 10.1 Å². The van der Waals surface area contributed by atoms with Gasteiger partial charge in [0.05, 0.1) is 17.7 Å². The molecule has 0 saturated heterocycles. The molecule has 9 heteroatoms. The van der Waals surface area contributed by atoms with E-state index in [0.717, 1.165) is 0 Å². The molecule has 0 radical (unpaired) electrons. The van der Waals surface area contributed by atoms with Crippen LogP contribution in [0.1, 0.15) is 35.8 Å². The number of hydrogen-bond donors (Lipinski definition) is 2. The second kappa shape index (κ2) is 8.39. The number of carbonyl (C=O) groups is 2. The molecule has 2 heterocycles. The topological polar surface area (TPSA) is 98.1 Å². The third-order valence-corrected chi connectivity index (χ3v) is 4.89. The van der Waals surface area contributed by atoms with Gasteiger partial charge in [0, 0.05) is 16.9 Å². The molecule has 1 atom stereocenters. The van der Waals surface area contributed by atoms with Crippen LogP contribution in [0.15, 0.2) is 66.1 Å². The highest BCUT2D eigenvalue weighted by molar-refractivity contribution is 6.06. The smallest absolute Gasteiger partial charge is 0.338 e. The maximum absolute atomic E-state index is 14.7. The first-order valence-electron chi connectivity index (χ1n) is 9.70. The van der Waals surface area contributed by atoms with Crippen LogP contribution in [-0.2, 0) is 9.53 Å². The summed E-state index contributed by atoms with van der Waals surface area (Å²) in [5, 5.41) is 10.0. The van der Waals surface area contributed by atoms with Gasteiger partial charge in [0.1, 0.15) is 18.2 Å². The fourth-order valence-electron chi connectivity index (χ4n) is 3.47. The van der Waals surface area contributed by atoms with Crippen molar-refractivity contribution in [3.63, 3.8) is 0 Å². The van der Waals surface area contributed by atoms with Gasteiger partial charge >= 0.3 is 5.97 Å². The quantitative estimate of drug-likeness (QED) is 0.612. The number of nitrogens with zero attached hydrogens (tertiary/aromatic N) is 3. The lowest BCUT2D eigenvalue weighted by molar-refractivity contribution is -0.113. The molecular formula is C22H20FN5O3. The number of hydrogen-bond acceptors (Lipinski definition) is 6. The molecule has 0 bridgehead atoms. The number of halogens is 1. The van der Waals surface area contributed by atoms with Crippen LogP contribution in [0.2, 0.25) is 0 Å². The molecule has 1 aliphatic heterocycles. The molecule has 0 spiro atoms. The van der Waals surface area contributed by atoms with Gasteiger partial charge in [-0.3, -0.25) is 4.79 Å². The Morgan fingerprint density at radius 2 is 1.94 bits per heavy atom. The summed E-state index contributed by atoms with van der Waals surface area (Å²) in [4.78, 5) is 29.2. The van der Waals surface area contributed by atoms with Crippen molar-refractivity contribution in [2.24, 2.45) is 0 Å². The Hall–Kier alpha value is -4.01. The van der Waals surface area contributed by atoms with Crippen molar-refractivity contribution in [2.75, 3.05) is 17.2 Å². The molecular weight excluding hydrogens is 401 g/mol. The summed E-state index contributed by atoms with van der Waals surface area (Å²) in [6.45, 7) is 3.73. The Morgan fingerprint density at radius 1 is 1.19 bits per heavy atom. The Labute approximate surface area is 177 Å². The van der Waals surface area contributed by atoms with E-state index < -0.39 is 23.7 Å². The molecule has 2 aromatic carbocycles. The average molecular weight is 421 g/mol. The summed E-state index contributed by atoms with van der Waals surface area (Å²) >= 11 is 0. The molecule has 0 saturated carbocycles. The highest BCUT2D eigenvalue weighted by atomic mass is 19.1. The van der Waals surface area contributed by atoms with E-state index in [4.69, 9.17) is 4.74 Å². The second-order valence-corrected chi connectivity index (χ2v) is 6.87. The van der Waals surface area contributed by atoms with Crippen molar-refractivity contribution in [2.45, 2.75) is 19.9 Å². The predicted octanol–water partition coefficient (Wildman–Crippen LogP) is 3.52. The third kappa shape index (κ3) is 3.89. The van der Waals surface area contributed by atoms with Crippen molar-refractivity contribution in [3.8, 4) is 0 Å². The second-order valence-electron chi connectivity index (χ2n) is 6.87. The molecule has 0 fully saturated rings. The first-order valence-corrected chi connectivity index (χ1v) is 9.70. The van der Waals surface area contributed by atoms with Gasteiger partial charge in [-0.25, -0.2) is 13.9 Å². The summed E-state index contributed by atoms with van der Waals surface area (Å²) in [6, 6.07) is 11.8. The normalized spacial score (nSPS) is 15.1. The van der Waals surface area contributed by atoms with E-state index in [0.29, 0.717) is 34.0 Å². The van der Waals surface area contributed by atoms with E-state index in [9.17, 15) is 14.0 Å². The molecule has 31 heavy (non-hydrogen) atoms. The van der Waals surface area contributed by atoms with Gasteiger partial charge in [-0.15, -0.1) is 0 Å². The van der Waals surface area contributed by atoms with Crippen LogP contribution < -0.4 is 10.6 Å². The minimum absolute atomic E-state index is 0.277. The molecule has 158 valence electrons. The molecule has 8 nitrogen and oxygen atoms in total. The van der Waals surface area contributed by atoms with Crippen LogP contribution in [0.4, 0.5) is 16.0 Å². The Kier molecular flexibility index (Phi) is 5.48. The largest absolute Gasteiger partial charge is 0.462 e. The lowest BCUT2D eigenvalue weighted by Gasteiger charge is -2.29. The van der Waals surface area contributed by atoms with Crippen LogP contribution in [0.5, 0.6) is 0 Å². The highest BCUT2D eigenvalue weighted by Crippen LogP contribution is 2.36. The molecule has 3 aromatic rings. The van der Waals surface area contributed by atoms with Crippen molar-refractivity contribution in [1.82, 2.24) is 14.8 Å². The van der Waals surface area contributed by atoms with Crippen LogP contribution >= 0.6 is 0 Å². The molecule has 1 amide bonds. The molecule has 0 aliphatic carbocycles. The SMILES string of the molecule is CCOC(=O)c1ccc(NC(=O)C2=C(C)Nc3ncnn3[C@@H]2c2ccccc2F)cc1. The zero-order chi connectivity index (χ0) is 22.0.